The lowest BCUT2D eigenvalue weighted by atomic mass is 10.1. The van der Waals surface area contributed by atoms with Crippen LogP contribution < -0.4 is 9.80 Å². The van der Waals surface area contributed by atoms with Crippen molar-refractivity contribution in [1.82, 2.24) is 24.5 Å². The van der Waals surface area contributed by atoms with Crippen molar-refractivity contribution in [2.24, 2.45) is 0 Å². The van der Waals surface area contributed by atoms with Gasteiger partial charge in [-0.1, -0.05) is 12.1 Å². The molecular formula is C20H25N7O2. The molecule has 0 unspecified atom stereocenters. The van der Waals surface area contributed by atoms with E-state index in [1.807, 2.05) is 28.8 Å². The number of imidazole rings is 1. The van der Waals surface area contributed by atoms with Crippen molar-refractivity contribution in [3.05, 3.63) is 30.6 Å². The molecule has 2 fully saturated rings. The summed E-state index contributed by atoms with van der Waals surface area (Å²) >= 11 is 0. The lowest BCUT2D eigenvalue weighted by Crippen LogP contribution is -2.49. The zero-order valence-corrected chi connectivity index (χ0v) is 16.7. The van der Waals surface area contributed by atoms with Crippen molar-refractivity contribution < 1.29 is 9.47 Å². The molecule has 29 heavy (non-hydrogen) atoms. The van der Waals surface area contributed by atoms with Gasteiger partial charge in [0.15, 0.2) is 0 Å². The maximum atomic E-state index is 5.79. The van der Waals surface area contributed by atoms with Gasteiger partial charge in [0.1, 0.15) is 6.33 Å². The third kappa shape index (κ3) is 3.40. The second-order valence-corrected chi connectivity index (χ2v) is 7.45. The monoisotopic (exact) mass is 395 g/mol. The molecule has 1 aromatic carbocycles. The van der Waals surface area contributed by atoms with Crippen LogP contribution in [0.1, 0.15) is 13.8 Å². The molecule has 0 bridgehead atoms. The Labute approximate surface area is 169 Å². The third-order valence-electron chi connectivity index (χ3n) is 5.70. The van der Waals surface area contributed by atoms with E-state index in [9.17, 15) is 0 Å². The Kier molecular flexibility index (Phi) is 4.76. The quantitative estimate of drug-likeness (QED) is 0.662. The summed E-state index contributed by atoms with van der Waals surface area (Å²) in [6.45, 7) is 8.53. The molecule has 2 aromatic heterocycles. The molecule has 0 amide bonds. The van der Waals surface area contributed by atoms with Crippen LogP contribution in [0.5, 0.6) is 0 Å². The molecule has 0 aliphatic carbocycles. The highest BCUT2D eigenvalue weighted by Crippen LogP contribution is 2.24. The van der Waals surface area contributed by atoms with E-state index in [-0.39, 0.29) is 12.1 Å². The molecule has 2 aliphatic rings. The van der Waals surface area contributed by atoms with Gasteiger partial charge in [0.05, 0.1) is 43.0 Å². The number of aromatic nitrogens is 5. The summed E-state index contributed by atoms with van der Waals surface area (Å²) in [6, 6.07) is 8.17. The first-order valence-corrected chi connectivity index (χ1v) is 10.1. The smallest absolute Gasteiger partial charge is 0.242 e. The Morgan fingerprint density at radius 3 is 2.52 bits per heavy atom. The minimum atomic E-state index is 0.116. The zero-order chi connectivity index (χ0) is 19.8. The van der Waals surface area contributed by atoms with E-state index < -0.39 is 0 Å². The van der Waals surface area contributed by atoms with Gasteiger partial charge in [0.25, 0.3) is 0 Å². The fourth-order valence-corrected chi connectivity index (χ4v) is 3.82. The highest BCUT2D eigenvalue weighted by Gasteiger charge is 2.29. The number of nitrogens with zero attached hydrogens (tertiary/aromatic N) is 7. The molecule has 3 aromatic rings. The van der Waals surface area contributed by atoms with Gasteiger partial charge < -0.3 is 19.3 Å². The molecular weight excluding hydrogens is 370 g/mol. The van der Waals surface area contributed by atoms with E-state index >= 15 is 0 Å². The fourth-order valence-electron chi connectivity index (χ4n) is 3.82. The molecule has 2 saturated heterocycles. The highest BCUT2D eigenvalue weighted by molar-refractivity contribution is 5.76. The second kappa shape index (κ2) is 7.57. The van der Waals surface area contributed by atoms with Gasteiger partial charge in [-0.25, -0.2) is 4.98 Å². The summed E-state index contributed by atoms with van der Waals surface area (Å²) in [5, 5.41) is 0. The van der Waals surface area contributed by atoms with Crippen LogP contribution in [0.2, 0.25) is 0 Å². The standard InChI is InChI=1S/C20H25N7O2/c1-14-15(2)29-12-9-26(14)19-22-18(25-7-10-28-11-8-25)23-20(24-19)27-13-21-16-5-3-4-6-17(16)27/h3-6,13-15H,7-12H2,1-2H3/t14-,15-/m1/s1. The number of ether oxygens (including phenoxy) is 2. The van der Waals surface area contributed by atoms with E-state index in [2.05, 4.69) is 28.6 Å². The van der Waals surface area contributed by atoms with Crippen molar-refractivity contribution in [1.29, 1.82) is 0 Å². The Morgan fingerprint density at radius 1 is 0.897 bits per heavy atom. The number of rotatable bonds is 3. The highest BCUT2D eigenvalue weighted by atomic mass is 16.5. The number of hydrogen-bond donors (Lipinski definition) is 0. The Morgan fingerprint density at radius 2 is 1.66 bits per heavy atom. The van der Waals surface area contributed by atoms with Crippen LogP contribution in [0.4, 0.5) is 11.9 Å². The first kappa shape index (κ1) is 18.3. The molecule has 2 atom stereocenters. The molecule has 4 heterocycles. The van der Waals surface area contributed by atoms with Crippen LogP contribution in [-0.2, 0) is 9.47 Å². The molecule has 0 spiro atoms. The van der Waals surface area contributed by atoms with Gasteiger partial charge in [-0.2, -0.15) is 15.0 Å². The summed E-state index contributed by atoms with van der Waals surface area (Å²) < 4.78 is 13.2. The van der Waals surface area contributed by atoms with Crippen LogP contribution in [0.3, 0.4) is 0 Å². The minimum Gasteiger partial charge on any atom is -0.378 e. The molecule has 0 radical (unpaired) electrons. The summed E-state index contributed by atoms with van der Waals surface area (Å²) in [6.07, 6.45) is 1.89. The number of benzene rings is 1. The van der Waals surface area contributed by atoms with E-state index in [4.69, 9.17) is 24.4 Å². The van der Waals surface area contributed by atoms with Gasteiger partial charge in [-0.3, -0.25) is 4.57 Å². The number of anilines is 2. The van der Waals surface area contributed by atoms with E-state index in [0.29, 0.717) is 37.7 Å². The second-order valence-electron chi connectivity index (χ2n) is 7.45. The Balaban J connectivity index is 1.62. The van der Waals surface area contributed by atoms with E-state index in [1.165, 1.54) is 0 Å². The zero-order valence-electron chi connectivity index (χ0n) is 16.7. The van der Waals surface area contributed by atoms with Crippen molar-refractivity contribution in [3.63, 3.8) is 0 Å². The van der Waals surface area contributed by atoms with Crippen LogP contribution >= 0.6 is 0 Å². The first-order valence-electron chi connectivity index (χ1n) is 10.1. The lowest BCUT2D eigenvalue weighted by molar-refractivity contribution is 0.0277. The molecule has 0 saturated carbocycles. The normalized spacial score (nSPS) is 23.0. The predicted octanol–water partition coefficient (Wildman–Crippen LogP) is 1.66. The van der Waals surface area contributed by atoms with Crippen molar-refractivity contribution in [2.75, 3.05) is 49.3 Å². The summed E-state index contributed by atoms with van der Waals surface area (Å²) in [5.74, 6) is 1.94. The molecule has 9 nitrogen and oxygen atoms in total. The minimum absolute atomic E-state index is 0.116. The van der Waals surface area contributed by atoms with Crippen LogP contribution in [0, 0.1) is 0 Å². The topological polar surface area (TPSA) is 81.4 Å². The lowest BCUT2D eigenvalue weighted by Gasteiger charge is -2.38. The average molecular weight is 395 g/mol. The van der Waals surface area contributed by atoms with Gasteiger partial charge in [-0.05, 0) is 26.0 Å². The van der Waals surface area contributed by atoms with Crippen molar-refractivity contribution in [2.45, 2.75) is 26.0 Å². The molecule has 2 aliphatic heterocycles. The number of hydrogen-bond acceptors (Lipinski definition) is 8. The average Bonchev–Trinajstić information content (AvgIpc) is 3.20. The van der Waals surface area contributed by atoms with Crippen LogP contribution in [-0.4, -0.2) is 76.1 Å². The molecule has 5 rings (SSSR count). The van der Waals surface area contributed by atoms with Gasteiger partial charge in [-0.15, -0.1) is 0 Å². The van der Waals surface area contributed by atoms with E-state index in [0.717, 1.165) is 30.7 Å². The predicted molar refractivity (Wildman–Crippen MR) is 110 cm³/mol. The van der Waals surface area contributed by atoms with E-state index in [1.54, 1.807) is 6.33 Å². The maximum absolute atomic E-state index is 5.79. The Hall–Kier alpha value is -2.78. The van der Waals surface area contributed by atoms with Crippen molar-refractivity contribution >= 4 is 22.9 Å². The van der Waals surface area contributed by atoms with Crippen molar-refractivity contribution in [3.8, 4) is 5.95 Å². The number of morpholine rings is 2. The molecule has 0 N–H and O–H groups in total. The summed E-state index contributed by atoms with van der Waals surface area (Å²) in [5.41, 5.74) is 1.89. The third-order valence-corrected chi connectivity index (χ3v) is 5.70. The summed E-state index contributed by atoms with van der Waals surface area (Å²) in [4.78, 5) is 23.4. The molecule has 9 heteroatoms. The summed E-state index contributed by atoms with van der Waals surface area (Å²) in [7, 11) is 0. The Bertz CT molecular complexity index is 1000. The van der Waals surface area contributed by atoms with Crippen LogP contribution in [0.25, 0.3) is 17.0 Å². The SMILES string of the molecule is C[C@@H]1[C@@H](C)OCCN1c1nc(N2CCOCC2)nc(-n2cnc3ccccc32)n1. The number of fused-ring (bicyclic) bond motifs is 1. The van der Waals surface area contributed by atoms with Gasteiger partial charge in [0, 0.05) is 19.6 Å². The fraction of sp³-hybridized carbons (Fsp3) is 0.500. The first-order chi connectivity index (χ1) is 14.2. The maximum Gasteiger partial charge on any atom is 0.242 e. The molecule has 152 valence electrons. The number of para-hydroxylation sites is 2. The van der Waals surface area contributed by atoms with Gasteiger partial charge >= 0.3 is 0 Å². The van der Waals surface area contributed by atoms with Gasteiger partial charge in [0.2, 0.25) is 17.8 Å². The van der Waals surface area contributed by atoms with Crippen LogP contribution in [0.15, 0.2) is 30.6 Å². The largest absolute Gasteiger partial charge is 0.378 e.